The van der Waals surface area contributed by atoms with Crippen molar-refractivity contribution in [3.05, 3.63) is 23.9 Å². The van der Waals surface area contributed by atoms with Gasteiger partial charge in [0.15, 0.2) is 0 Å². The summed E-state index contributed by atoms with van der Waals surface area (Å²) < 4.78 is 5.80. The molecular weight excluding hydrogens is 411 g/mol. The standard InChI is InChI=1S/C21H32N4O2.2ClH/c1-15-12-25(13-16(2)27-15)19-7-6-17(9-23-19)10-24-20(26)21-8-4-3-5-18(21)11-22-14-21;;/h6-7,9,15-16,18,22H,3-5,8,10-14H2,1-2H3,(H,24,26);2*1H/t15?,16?,18-,21+;;/m0../s1. The lowest BCUT2D eigenvalue weighted by Crippen LogP contribution is -2.47. The Balaban J connectivity index is 0.00000150. The van der Waals surface area contributed by atoms with Crippen molar-refractivity contribution >= 4 is 36.5 Å². The second-order valence-electron chi connectivity index (χ2n) is 8.60. The number of morpholine rings is 1. The maximum absolute atomic E-state index is 13.0. The van der Waals surface area contributed by atoms with E-state index in [1.165, 1.54) is 12.8 Å². The van der Waals surface area contributed by atoms with Crippen LogP contribution in [0.5, 0.6) is 0 Å². The van der Waals surface area contributed by atoms with Crippen molar-refractivity contribution in [2.24, 2.45) is 11.3 Å². The SMILES string of the molecule is CC1CN(c2ccc(CNC(=O)[C@@]34CCCC[C@H]3CNC4)cn2)CC(C)O1.Cl.Cl. The van der Waals surface area contributed by atoms with Gasteiger partial charge in [-0.1, -0.05) is 18.9 Å². The third-order valence-corrected chi connectivity index (χ3v) is 6.50. The first-order valence-corrected chi connectivity index (χ1v) is 10.4. The Kier molecular flexibility index (Phi) is 8.59. The van der Waals surface area contributed by atoms with E-state index in [-0.39, 0.29) is 48.3 Å². The largest absolute Gasteiger partial charge is 0.372 e. The van der Waals surface area contributed by atoms with Crippen LogP contribution in [0.4, 0.5) is 5.82 Å². The average Bonchev–Trinajstić information content (AvgIpc) is 3.11. The minimum Gasteiger partial charge on any atom is -0.372 e. The fraction of sp³-hybridized carbons (Fsp3) is 0.714. The van der Waals surface area contributed by atoms with Crippen molar-refractivity contribution in [2.45, 2.75) is 58.3 Å². The average molecular weight is 445 g/mol. The van der Waals surface area contributed by atoms with Crippen LogP contribution >= 0.6 is 24.8 Å². The number of hydrogen-bond donors (Lipinski definition) is 2. The van der Waals surface area contributed by atoms with E-state index in [2.05, 4.69) is 46.5 Å². The van der Waals surface area contributed by atoms with Gasteiger partial charge in [0.2, 0.25) is 5.91 Å². The number of aromatic nitrogens is 1. The molecule has 2 aliphatic heterocycles. The van der Waals surface area contributed by atoms with Crippen molar-refractivity contribution in [1.82, 2.24) is 15.6 Å². The summed E-state index contributed by atoms with van der Waals surface area (Å²) in [7, 11) is 0. The van der Waals surface area contributed by atoms with E-state index in [1.807, 2.05) is 6.20 Å². The molecular formula is C21H34Cl2N4O2. The molecule has 1 aromatic heterocycles. The summed E-state index contributed by atoms with van der Waals surface area (Å²) >= 11 is 0. The van der Waals surface area contributed by atoms with Crippen molar-refractivity contribution in [1.29, 1.82) is 0 Å². The van der Waals surface area contributed by atoms with Gasteiger partial charge < -0.3 is 20.3 Å². The molecule has 29 heavy (non-hydrogen) atoms. The van der Waals surface area contributed by atoms with Gasteiger partial charge >= 0.3 is 0 Å². The quantitative estimate of drug-likeness (QED) is 0.746. The first-order chi connectivity index (χ1) is 13.1. The number of carbonyl (C=O) groups is 1. The molecule has 4 atom stereocenters. The van der Waals surface area contributed by atoms with Crippen LogP contribution in [0.2, 0.25) is 0 Å². The number of rotatable bonds is 4. The first kappa shape index (κ1) is 24.2. The molecule has 0 bridgehead atoms. The Labute approximate surface area is 186 Å². The van der Waals surface area contributed by atoms with E-state index in [0.29, 0.717) is 12.5 Å². The number of carbonyl (C=O) groups excluding carboxylic acids is 1. The van der Waals surface area contributed by atoms with Gasteiger partial charge in [-0.15, -0.1) is 24.8 Å². The van der Waals surface area contributed by atoms with Gasteiger partial charge in [0.05, 0.1) is 17.6 Å². The highest BCUT2D eigenvalue weighted by Crippen LogP contribution is 2.43. The van der Waals surface area contributed by atoms with Crippen LogP contribution in [0, 0.1) is 11.3 Å². The van der Waals surface area contributed by atoms with Gasteiger partial charge in [0.1, 0.15) is 5.82 Å². The Morgan fingerprint density at radius 1 is 1.28 bits per heavy atom. The maximum atomic E-state index is 13.0. The predicted octanol–water partition coefficient (Wildman–Crippen LogP) is 2.93. The summed E-state index contributed by atoms with van der Waals surface area (Å²) in [5, 5.41) is 6.64. The van der Waals surface area contributed by atoms with Gasteiger partial charge in [0, 0.05) is 32.4 Å². The zero-order chi connectivity index (χ0) is 18.9. The Morgan fingerprint density at radius 3 is 2.72 bits per heavy atom. The number of pyridine rings is 1. The van der Waals surface area contributed by atoms with Gasteiger partial charge in [-0.25, -0.2) is 4.98 Å². The lowest BCUT2D eigenvalue weighted by molar-refractivity contribution is -0.134. The molecule has 2 saturated heterocycles. The zero-order valence-electron chi connectivity index (χ0n) is 17.4. The molecule has 1 amide bonds. The van der Waals surface area contributed by atoms with Crippen LogP contribution < -0.4 is 15.5 Å². The molecule has 0 radical (unpaired) electrons. The number of hydrogen-bond acceptors (Lipinski definition) is 5. The van der Waals surface area contributed by atoms with Crippen LogP contribution in [-0.2, 0) is 16.1 Å². The number of halogens is 2. The van der Waals surface area contributed by atoms with Crippen LogP contribution in [-0.4, -0.2) is 49.3 Å². The number of ether oxygens (including phenoxy) is 1. The molecule has 1 aliphatic carbocycles. The van der Waals surface area contributed by atoms with Gasteiger partial charge in [-0.2, -0.15) is 0 Å². The molecule has 3 heterocycles. The summed E-state index contributed by atoms with van der Waals surface area (Å²) in [5.74, 6) is 1.70. The van der Waals surface area contributed by atoms with Gasteiger partial charge in [0.25, 0.3) is 0 Å². The number of nitrogens with one attached hydrogen (secondary N) is 2. The molecule has 2 N–H and O–H groups in total. The molecule has 0 spiro atoms. The monoisotopic (exact) mass is 444 g/mol. The van der Waals surface area contributed by atoms with Crippen LogP contribution in [0.1, 0.15) is 45.1 Å². The summed E-state index contributed by atoms with van der Waals surface area (Å²) in [4.78, 5) is 19.9. The second kappa shape index (κ2) is 10.3. The molecule has 2 unspecified atom stereocenters. The molecule has 1 saturated carbocycles. The van der Waals surface area contributed by atoms with Gasteiger partial charge in [-0.3, -0.25) is 4.79 Å². The molecule has 1 aromatic rings. The van der Waals surface area contributed by atoms with Crippen molar-refractivity contribution in [3.63, 3.8) is 0 Å². The Bertz CT molecular complexity index is 665. The van der Waals surface area contributed by atoms with E-state index in [4.69, 9.17) is 4.74 Å². The highest BCUT2D eigenvalue weighted by molar-refractivity contribution is 5.85. The van der Waals surface area contributed by atoms with Gasteiger partial charge in [-0.05, 0) is 50.8 Å². The normalized spacial score (nSPS) is 31.2. The fourth-order valence-corrected chi connectivity index (χ4v) is 5.12. The van der Waals surface area contributed by atoms with Crippen LogP contribution in [0.25, 0.3) is 0 Å². The van der Waals surface area contributed by atoms with Crippen molar-refractivity contribution in [2.75, 3.05) is 31.1 Å². The highest BCUT2D eigenvalue weighted by Gasteiger charge is 2.49. The van der Waals surface area contributed by atoms with Crippen LogP contribution in [0.3, 0.4) is 0 Å². The lowest BCUT2D eigenvalue weighted by atomic mass is 9.67. The van der Waals surface area contributed by atoms with Crippen molar-refractivity contribution in [3.8, 4) is 0 Å². The lowest BCUT2D eigenvalue weighted by Gasteiger charge is -2.37. The zero-order valence-corrected chi connectivity index (χ0v) is 19.0. The number of fused-ring (bicyclic) bond motifs is 1. The topological polar surface area (TPSA) is 66.5 Å². The number of amides is 1. The molecule has 8 heteroatoms. The van der Waals surface area contributed by atoms with E-state index < -0.39 is 0 Å². The molecule has 3 fully saturated rings. The first-order valence-electron chi connectivity index (χ1n) is 10.4. The van der Waals surface area contributed by atoms with E-state index in [0.717, 1.165) is 50.4 Å². The minimum absolute atomic E-state index is 0. The Hall–Kier alpha value is -1.08. The third kappa shape index (κ3) is 5.16. The summed E-state index contributed by atoms with van der Waals surface area (Å²) in [6.07, 6.45) is 6.94. The van der Waals surface area contributed by atoms with Crippen LogP contribution in [0.15, 0.2) is 18.3 Å². The predicted molar refractivity (Wildman–Crippen MR) is 120 cm³/mol. The Morgan fingerprint density at radius 2 is 2.03 bits per heavy atom. The molecule has 164 valence electrons. The fourth-order valence-electron chi connectivity index (χ4n) is 5.12. The third-order valence-electron chi connectivity index (χ3n) is 6.50. The number of anilines is 1. The van der Waals surface area contributed by atoms with E-state index in [1.54, 1.807) is 0 Å². The molecule has 3 aliphatic rings. The second-order valence-corrected chi connectivity index (χ2v) is 8.60. The smallest absolute Gasteiger partial charge is 0.228 e. The summed E-state index contributed by atoms with van der Waals surface area (Å²) in [6.45, 7) is 8.30. The van der Waals surface area contributed by atoms with E-state index >= 15 is 0 Å². The highest BCUT2D eigenvalue weighted by atomic mass is 35.5. The maximum Gasteiger partial charge on any atom is 0.228 e. The minimum atomic E-state index is -0.189. The summed E-state index contributed by atoms with van der Waals surface area (Å²) in [6, 6.07) is 4.14. The molecule has 6 nitrogen and oxygen atoms in total. The molecule has 0 aromatic carbocycles. The van der Waals surface area contributed by atoms with Crippen molar-refractivity contribution < 1.29 is 9.53 Å². The van der Waals surface area contributed by atoms with E-state index in [9.17, 15) is 4.79 Å². The molecule has 4 rings (SSSR count). The number of nitrogens with zero attached hydrogens (tertiary/aromatic N) is 2. The summed E-state index contributed by atoms with van der Waals surface area (Å²) in [5.41, 5.74) is 0.863.